The number of aromatic nitrogens is 3. The minimum Gasteiger partial charge on any atom is -0.371 e. The van der Waals surface area contributed by atoms with E-state index >= 15 is 0 Å². The number of hydrogen-bond donors (Lipinski definition) is 1. The van der Waals surface area contributed by atoms with Crippen LogP contribution in [-0.2, 0) is 13.0 Å². The molecule has 2 bridgehead atoms. The van der Waals surface area contributed by atoms with Crippen LogP contribution in [0.15, 0.2) is 23.3 Å². The fourth-order valence-electron chi connectivity index (χ4n) is 5.62. The first kappa shape index (κ1) is 19.1. The van der Waals surface area contributed by atoms with Crippen LogP contribution in [0.4, 0.5) is 8.78 Å². The van der Waals surface area contributed by atoms with Crippen LogP contribution in [-0.4, -0.2) is 37.3 Å². The van der Waals surface area contributed by atoms with Crippen molar-refractivity contribution in [1.29, 1.82) is 5.26 Å². The summed E-state index contributed by atoms with van der Waals surface area (Å²) in [6.07, 6.45) is 4.09. The number of nitriles is 1. The fourth-order valence-corrected chi connectivity index (χ4v) is 5.62. The van der Waals surface area contributed by atoms with Gasteiger partial charge in [0.2, 0.25) is 0 Å². The first-order chi connectivity index (χ1) is 14.3. The molecule has 1 aromatic heterocycles. The fraction of sp³-hybridized carbons (Fsp3) is 0.524. The van der Waals surface area contributed by atoms with Crippen LogP contribution >= 0.6 is 0 Å². The molecule has 4 aliphatic rings. The summed E-state index contributed by atoms with van der Waals surface area (Å²) in [5, 5.41) is 30.3. The average molecular weight is 412 g/mol. The van der Waals surface area contributed by atoms with Crippen LogP contribution in [0, 0.1) is 40.7 Å². The second kappa shape index (κ2) is 6.57. The zero-order valence-electron chi connectivity index (χ0n) is 16.6. The number of hydrazone groups is 1. The number of aliphatic hydroxyl groups excluding tert-OH is 1. The maximum atomic E-state index is 13.7. The average Bonchev–Trinajstić information content (AvgIpc) is 3.23. The summed E-state index contributed by atoms with van der Waals surface area (Å²) in [6.45, 7) is 2.60. The van der Waals surface area contributed by atoms with Gasteiger partial charge in [-0.2, -0.15) is 15.5 Å². The van der Waals surface area contributed by atoms with E-state index in [1.165, 1.54) is 12.1 Å². The van der Waals surface area contributed by atoms with E-state index in [0.717, 1.165) is 31.2 Å². The van der Waals surface area contributed by atoms with E-state index in [2.05, 4.69) is 21.3 Å². The summed E-state index contributed by atoms with van der Waals surface area (Å²) in [6, 6.07) is 5.14. The molecule has 3 saturated carbocycles. The Balaban J connectivity index is 1.27. The molecule has 3 aliphatic carbocycles. The molecular formula is C21H22F2N6O. The Morgan fingerprint density at radius 2 is 1.97 bits per heavy atom. The molecule has 9 heteroatoms. The third-order valence-corrected chi connectivity index (χ3v) is 6.74. The van der Waals surface area contributed by atoms with Crippen LogP contribution < -0.4 is 0 Å². The van der Waals surface area contributed by atoms with E-state index in [1.807, 2.05) is 11.6 Å². The van der Waals surface area contributed by atoms with Crippen molar-refractivity contribution in [2.24, 2.45) is 15.9 Å². The summed E-state index contributed by atoms with van der Waals surface area (Å²) in [4.78, 5) is 4.32. The Kier molecular flexibility index (Phi) is 4.19. The molecule has 1 N–H and O–H groups in total. The first-order valence-electron chi connectivity index (χ1n) is 10.1. The third-order valence-electron chi connectivity index (χ3n) is 6.74. The van der Waals surface area contributed by atoms with E-state index in [9.17, 15) is 13.9 Å². The molecule has 30 heavy (non-hydrogen) atoms. The smallest absolute Gasteiger partial charge is 0.164 e. The van der Waals surface area contributed by atoms with Gasteiger partial charge in [-0.3, -0.25) is 5.01 Å². The van der Waals surface area contributed by atoms with Gasteiger partial charge in [0.15, 0.2) is 5.82 Å². The molecular weight excluding hydrogens is 390 g/mol. The maximum Gasteiger partial charge on any atom is 0.164 e. The Bertz CT molecular complexity index is 1030. The van der Waals surface area contributed by atoms with Crippen molar-refractivity contribution in [3.8, 4) is 6.07 Å². The van der Waals surface area contributed by atoms with E-state index < -0.39 is 17.9 Å². The molecule has 6 rings (SSSR count). The summed E-state index contributed by atoms with van der Waals surface area (Å²) >= 11 is 0. The Morgan fingerprint density at radius 1 is 1.27 bits per heavy atom. The van der Waals surface area contributed by atoms with Crippen molar-refractivity contribution < 1.29 is 13.9 Å². The number of nitrogens with zero attached hydrogens (tertiary/aromatic N) is 6. The van der Waals surface area contributed by atoms with Crippen molar-refractivity contribution in [1.82, 2.24) is 19.8 Å². The van der Waals surface area contributed by atoms with Gasteiger partial charge in [-0.25, -0.2) is 18.4 Å². The number of aryl methyl sites for hydroxylation is 1. The van der Waals surface area contributed by atoms with Crippen molar-refractivity contribution in [3.05, 3.63) is 47.0 Å². The second-order valence-electron chi connectivity index (χ2n) is 8.97. The minimum absolute atomic E-state index is 0.0766. The van der Waals surface area contributed by atoms with Gasteiger partial charge in [0, 0.05) is 30.7 Å². The summed E-state index contributed by atoms with van der Waals surface area (Å²) in [7, 11) is 0. The molecule has 7 nitrogen and oxygen atoms in total. The van der Waals surface area contributed by atoms with Crippen LogP contribution in [0.25, 0.3) is 0 Å². The van der Waals surface area contributed by atoms with E-state index in [-0.39, 0.29) is 23.3 Å². The Hall–Kier alpha value is -2.86. The largest absolute Gasteiger partial charge is 0.371 e. The van der Waals surface area contributed by atoms with Crippen LogP contribution in [0.5, 0.6) is 0 Å². The molecule has 2 heterocycles. The van der Waals surface area contributed by atoms with Crippen LogP contribution in [0.1, 0.15) is 48.9 Å². The van der Waals surface area contributed by atoms with Crippen LogP contribution in [0.3, 0.4) is 0 Å². The van der Waals surface area contributed by atoms with Crippen molar-refractivity contribution in [2.45, 2.75) is 57.8 Å². The highest BCUT2D eigenvalue weighted by Crippen LogP contribution is 2.75. The molecule has 156 valence electrons. The van der Waals surface area contributed by atoms with E-state index in [4.69, 9.17) is 5.26 Å². The highest BCUT2D eigenvalue weighted by atomic mass is 19.1. The number of benzene rings is 1. The topological polar surface area (TPSA) is 90.3 Å². The van der Waals surface area contributed by atoms with Crippen molar-refractivity contribution >= 4 is 6.21 Å². The lowest BCUT2D eigenvalue weighted by atomic mass is 9.34. The lowest BCUT2D eigenvalue weighted by Gasteiger charge is -2.72. The summed E-state index contributed by atoms with van der Waals surface area (Å²) in [5.41, 5.74) is 0.303. The molecule has 0 radical (unpaired) electrons. The molecule has 1 aromatic carbocycles. The van der Waals surface area contributed by atoms with Crippen molar-refractivity contribution in [2.75, 3.05) is 0 Å². The lowest BCUT2D eigenvalue weighted by Crippen LogP contribution is -2.70. The van der Waals surface area contributed by atoms with Crippen molar-refractivity contribution in [3.63, 3.8) is 0 Å². The highest BCUT2D eigenvalue weighted by molar-refractivity contribution is 5.61. The molecule has 0 amide bonds. The quantitative estimate of drug-likeness (QED) is 0.788. The maximum absolute atomic E-state index is 13.7. The molecule has 0 saturated heterocycles. The second-order valence-corrected chi connectivity index (χ2v) is 8.97. The highest BCUT2D eigenvalue weighted by Gasteiger charge is 2.72. The summed E-state index contributed by atoms with van der Waals surface area (Å²) in [5.74, 6) is 0.0642. The number of rotatable bonds is 6. The molecule has 3 fully saturated rings. The zero-order chi connectivity index (χ0) is 21.1. The number of hydrogen-bond acceptors (Lipinski definition) is 6. The van der Waals surface area contributed by atoms with Crippen LogP contribution in [0.2, 0.25) is 0 Å². The predicted molar refractivity (Wildman–Crippen MR) is 103 cm³/mol. The monoisotopic (exact) mass is 412 g/mol. The number of aliphatic hydroxyl groups is 1. The standard InChI is InChI=1S/C21H22F2N6O/c1-13-26-18(2-4-24)27-28(13)12-20-9-21(10-20,11-20)19(30)29-17(3-5-25-29)14-6-15(22)8-16(23)7-14/h5-8,17,19,30H,2-3,9-12H2,1H3. The van der Waals surface area contributed by atoms with Gasteiger partial charge in [0.05, 0.1) is 18.5 Å². The van der Waals surface area contributed by atoms with Gasteiger partial charge in [0.25, 0.3) is 0 Å². The van der Waals surface area contributed by atoms with Gasteiger partial charge >= 0.3 is 0 Å². The number of halogens is 2. The van der Waals surface area contributed by atoms with Gasteiger partial charge < -0.3 is 5.11 Å². The third kappa shape index (κ3) is 2.89. The van der Waals surface area contributed by atoms with Gasteiger partial charge in [-0.15, -0.1) is 0 Å². The molecule has 1 aliphatic heterocycles. The molecule has 2 unspecified atom stereocenters. The zero-order valence-corrected chi connectivity index (χ0v) is 16.6. The minimum atomic E-state index is -0.805. The normalized spacial score (nSPS) is 30.0. The van der Waals surface area contributed by atoms with Gasteiger partial charge in [-0.1, -0.05) is 0 Å². The SMILES string of the molecule is Cc1nc(CC#N)nn1CC12CC(C(O)N3N=CCC3c3cc(F)cc(F)c3)(C1)C2. The van der Waals surface area contributed by atoms with Gasteiger partial charge in [-0.05, 0) is 49.3 Å². The van der Waals surface area contributed by atoms with E-state index in [0.29, 0.717) is 24.4 Å². The predicted octanol–water partition coefficient (Wildman–Crippen LogP) is 2.85. The van der Waals surface area contributed by atoms with Gasteiger partial charge in [0.1, 0.15) is 23.7 Å². The Morgan fingerprint density at radius 3 is 2.63 bits per heavy atom. The lowest BCUT2D eigenvalue weighted by molar-refractivity contribution is -0.297. The summed E-state index contributed by atoms with van der Waals surface area (Å²) < 4.78 is 29.2. The first-order valence-corrected chi connectivity index (χ1v) is 10.1. The molecule has 2 atom stereocenters. The molecule has 2 aromatic rings. The Labute approximate surface area is 172 Å². The van der Waals surface area contributed by atoms with E-state index in [1.54, 1.807) is 11.2 Å². The molecule has 0 spiro atoms.